The Hall–Kier alpha value is -4.30. The van der Waals surface area contributed by atoms with Crippen molar-refractivity contribution in [3.63, 3.8) is 0 Å². The molecule has 2 aliphatic heterocycles. The fourth-order valence-electron chi connectivity index (χ4n) is 4.21. The normalized spacial score (nSPS) is 15.0. The second-order valence-corrected chi connectivity index (χ2v) is 10.3. The molecule has 0 saturated carbocycles. The molecule has 41 heavy (non-hydrogen) atoms. The number of anilines is 2. The SMILES string of the molecule is Cc1sc2c(c1C)C(c1ccccc1)=NCC(=O)N2.N=C(N)OC(=N)c1ncc(C(F)(F)F)cc1N1CCOCC1. The Balaban J connectivity index is 0.000000191. The van der Waals surface area contributed by atoms with Crippen LogP contribution < -0.4 is 16.0 Å². The van der Waals surface area contributed by atoms with Crippen molar-refractivity contribution in [2.45, 2.75) is 20.0 Å². The van der Waals surface area contributed by atoms with Crippen LogP contribution in [0, 0.1) is 24.7 Å². The number of amidine groups is 1. The van der Waals surface area contributed by atoms with Crippen molar-refractivity contribution < 1.29 is 27.4 Å². The predicted octanol–water partition coefficient (Wildman–Crippen LogP) is 4.33. The minimum absolute atomic E-state index is 0.0477. The molecular formula is C27H28F3N7O3S. The summed E-state index contributed by atoms with van der Waals surface area (Å²) in [6, 6.07) is 10.2. The molecule has 5 N–H and O–H groups in total. The van der Waals surface area contributed by atoms with Crippen LogP contribution in [0.4, 0.5) is 23.9 Å². The summed E-state index contributed by atoms with van der Waals surface area (Å²) >= 11 is 1.62. The molecule has 2 aliphatic rings. The molecule has 4 heterocycles. The fourth-order valence-corrected chi connectivity index (χ4v) is 5.29. The molecule has 14 heteroatoms. The number of aryl methyl sites for hydroxylation is 1. The number of hydrogen-bond donors (Lipinski definition) is 4. The number of ether oxygens (including phenoxy) is 2. The van der Waals surface area contributed by atoms with Crippen LogP contribution in [-0.2, 0) is 20.4 Å². The van der Waals surface area contributed by atoms with Crippen molar-refractivity contribution in [2.24, 2.45) is 10.7 Å². The summed E-state index contributed by atoms with van der Waals surface area (Å²) in [5.74, 6) is -0.629. The number of benzene rings is 1. The van der Waals surface area contributed by atoms with Crippen LogP contribution in [0.3, 0.4) is 0 Å². The summed E-state index contributed by atoms with van der Waals surface area (Å²) in [6.07, 6.45) is -3.92. The van der Waals surface area contributed by atoms with Gasteiger partial charge in [0.05, 0.1) is 30.2 Å². The van der Waals surface area contributed by atoms with Gasteiger partial charge in [0.2, 0.25) is 11.8 Å². The minimum Gasteiger partial charge on any atom is -0.406 e. The van der Waals surface area contributed by atoms with Crippen LogP contribution in [-0.4, -0.2) is 61.4 Å². The molecule has 2 aromatic heterocycles. The van der Waals surface area contributed by atoms with Gasteiger partial charge in [-0.2, -0.15) is 13.2 Å². The Morgan fingerprint density at radius 3 is 2.49 bits per heavy atom. The van der Waals surface area contributed by atoms with Gasteiger partial charge >= 0.3 is 6.18 Å². The van der Waals surface area contributed by atoms with Crippen molar-refractivity contribution in [3.8, 4) is 0 Å². The number of nitrogens with zero attached hydrogens (tertiary/aromatic N) is 3. The third kappa shape index (κ3) is 7.08. The van der Waals surface area contributed by atoms with Crippen LogP contribution in [0.5, 0.6) is 0 Å². The zero-order valence-corrected chi connectivity index (χ0v) is 23.1. The van der Waals surface area contributed by atoms with Crippen molar-refractivity contribution >= 4 is 45.6 Å². The van der Waals surface area contributed by atoms with E-state index in [-0.39, 0.29) is 23.8 Å². The van der Waals surface area contributed by atoms with E-state index >= 15 is 0 Å². The Kier molecular flexibility index (Phi) is 9.03. The smallest absolute Gasteiger partial charge is 0.406 e. The summed E-state index contributed by atoms with van der Waals surface area (Å²) in [7, 11) is 0. The van der Waals surface area contributed by atoms with E-state index in [1.54, 1.807) is 16.2 Å². The average molecular weight is 588 g/mol. The first kappa shape index (κ1) is 29.7. The van der Waals surface area contributed by atoms with Gasteiger partial charge in [-0.05, 0) is 25.5 Å². The van der Waals surface area contributed by atoms with Crippen LogP contribution >= 0.6 is 11.3 Å². The van der Waals surface area contributed by atoms with E-state index in [4.69, 9.17) is 21.3 Å². The summed E-state index contributed by atoms with van der Waals surface area (Å²) in [6.45, 7) is 5.79. The maximum Gasteiger partial charge on any atom is 0.417 e. The zero-order valence-electron chi connectivity index (χ0n) is 22.3. The molecule has 0 aliphatic carbocycles. The molecule has 0 atom stereocenters. The van der Waals surface area contributed by atoms with Crippen LogP contribution in [0.15, 0.2) is 47.6 Å². The first-order valence-corrected chi connectivity index (χ1v) is 13.3. The molecule has 10 nitrogen and oxygen atoms in total. The molecular weight excluding hydrogens is 559 g/mol. The molecule has 216 valence electrons. The lowest BCUT2D eigenvalue weighted by atomic mass is 10.0. The number of nitrogens with two attached hydrogens (primary N) is 1. The highest BCUT2D eigenvalue weighted by atomic mass is 32.1. The standard InChI is InChI=1S/C15H14N2OS.C12H14F3N5O2/c1-9-10(2)19-15-13(9)14(16-8-12(18)17-15)11-6-4-3-5-7-11;13-12(14,15)7-5-8(20-1-3-21-4-2-20)9(19-6-7)10(16)22-11(17)18/h3-7H,8H2,1-2H3,(H,17,18);5-6,16H,1-4H2,(H3,17,18). The maximum absolute atomic E-state index is 12.9. The average Bonchev–Trinajstić information content (AvgIpc) is 3.10. The first-order chi connectivity index (χ1) is 19.5. The fraction of sp³-hybridized carbons (Fsp3) is 0.296. The highest BCUT2D eigenvalue weighted by Gasteiger charge is 2.33. The Morgan fingerprint density at radius 2 is 1.85 bits per heavy atom. The highest BCUT2D eigenvalue weighted by Crippen LogP contribution is 2.36. The lowest BCUT2D eigenvalue weighted by Gasteiger charge is -2.30. The largest absolute Gasteiger partial charge is 0.417 e. The summed E-state index contributed by atoms with van der Waals surface area (Å²) < 4.78 is 48.4. The number of nitrogens with one attached hydrogen (secondary N) is 3. The molecule has 1 aromatic carbocycles. The van der Waals surface area contributed by atoms with Gasteiger partial charge in [0, 0.05) is 35.3 Å². The van der Waals surface area contributed by atoms with E-state index in [1.165, 1.54) is 10.4 Å². The summed E-state index contributed by atoms with van der Waals surface area (Å²) in [5.41, 5.74) is 8.35. The quantitative estimate of drug-likeness (QED) is 0.265. The van der Waals surface area contributed by atoms with Crippen molar-refractivity contribution in [1.29, 1.82) is 10.8 Å². The molecule has 0 bridgehead atoms. The molecule has 0 unspecified atom stereocenters. The lowest BCUT2D eigenvalue weighted by Crippen LogP contribution is -2.38. The molecule has 1 saturated heterocycles. The number of halogens is 3. The highest BCUT2D eigenvalue weighted by molar-refractivity contribution is 7.17. The summed E-state index contributed by atoms with van der Waals surface area (Å²) in [5, 5.41) is 18.6. The molecule has 1 fully saturated rings. The summed E-state index contributed by atoms with van der Waals surface area (Å²) in [4.78, 5) is 22.7. The molecule has 0 radical (unpaired) electrons. The van der Waals surface area contributed by atoms with E-state index in [0.29, 0.717) is 32.5 Å². The Bertz CT molecular complexity index is 1480. The van der Waals surface area contributed by atoms with Gasteiger partial charge in [-0.1, -0.05) is 30.3 Å². The van der Waals surface area contributed by atoms with Crippen molar-refractivity contribution in [3.05, 3.63) is 75.4 Å². The molecule has 0 spiro atoms. The first-order valence-electron chi connectivity index (χ1n) is 12.5. The topological polar surface area (TPSA) is 150 Å². The number of aliphatic imine (C=N–C) groups is 1. The van der Waals surface area contributed by atoms with Gasteiger partial charge in [-0.3, -0.25) is 20.6 Å². The van der Waals surface area contributed by atoms with Crippen molar-refractivity contribution in [2.75, 3.05) is 43.1 Å². The van der Waals surface area contributed by atoms with Gasteiger partial charge in [0.25, 0.3) is 6.02 Å². The number of carbonyl (C=O) groups is 1. The zero-order chi connectivity index (χ0) is 29.7. The molecule has 5 rings (SSSR count). The second-order valence-electron chi connectivity index (χ2n) is 9.05. The third-order valence-corrected chi connectivity index (χ3v) is 7.40. The number of morpholine rings is 1. The number of thiophene rings is 1. The maximum atomic E-state index is 12.9. The second kappa shape index (κ2) is 12.5. The number of amides is 1. The van der Waals surface area contributed by atoms with Crippen LogP contribution in [0.1, 0.15) is 32.8 Å². The van der Waals surface area contributed by atoms with E-state index in [1.807, 2.05) is 30.3 Å². The van der Waals surface area contributed by atoms with Gasteiger partial charge in [-0.25, -0.2) is 4.98 Å². The van der Waals surface area contributed by atoms with Gasteiger partial charge in [-0.15, -0.1) is 11.3 Å². The monoisotopic (exact) mass is 587 g/mol. The Labute approximate surface area is 238 Å². The van der Waals surface area contributed by atoms with E-state index < -0.39 is 23.7 Å². The Morgan fingerprint density at radius 1 is 1.17 bits per heavy atom. The molecule has 3 aromatic rings. The van der Waals surface area contributed by atoms with Crippen LogP contribution in [0.2, 0.25) is 0 Å². The predicted molar refractivity (Wildman–Crippen MR) is 151 cm³/mol. The van der Waals surface area contributed by atoms with E-state index in [9.17, 15) is 18.0 Å². The third-order valence-electron chi connectivity index (χ3n) is 6.28. The number of fused-ring (bicyclic) bond motifs is 1. The van der Waals surface area contributed by atoms with Crippen LogP contribution in [0.25, 0.3) is 0 Å². The number of carbonyl (C=O) groups excluding carboxylic acids is 1. The number of pyridine rings is 1. The molecule has 1 amide bonds. The number of hydrogen-bond acceptors (Lipinski definition) is 9. The number of alkyl halides is 3. The van der Waals surface area contributed by atoms with Crippen molar-refractivity contribution in [1.82, 2.24) is 4.98 Å². The van der Waals surface area contributed by atoms with E-state index in [2.05, 4.69) is 33.9 Å². The number of rotatable bonds is 3. The van der Waals surface area contributed by atoms with E-state index in [0.717, 1.165) is 27.9 Å². The lowest BCUT2D eigenvalue weighted by molar-refractivity contribution is -0.137. The van der Waals surface area contributed by atoms with Gasteiger partial charge < -0.3 is 25.4 Å². The van der Waals surface area contributed by atoms with Gasteiger partial charge in [0.15, 0.2) is 0 Å². The van der Waals surface area contributed by atoms with Gasteiger partial charge in [0.1, 0.15) is 17.2 Å². The number of aromatic nitrogens is 1. The minimum atomic E-state index is -4.55.